The molecule has 3 heteroatoms. The van der Waals surface area contributed by atoms with Gasteiger partial charge in [-0.2, -0.15) is 0 Å². The largest absolute Gasteiger partial charge is 0.338 e. The molecule has 0 radical (unpaired) electrons. The number of piperidine rings is 1. The maximum atomic E-state index is 12.1. The molecule has 0 spiro atoms. The molecule has 4 atom stereocenters. The molecule has 0 bridgehead atoms. The summed E-state index contributed by atoms with van der Waals surface area (Å²) in [4.78, 5) is 14.2. The fourth-order valence-corrected chi connectivity index (χ4v) is 3.58. The topological polar surface area (TPSA) is 46.3 Å². The van der Waals surface area contributed by atoms with E-state index in [-0.39, 0.29) is 11.9 Å². The summed E-state index contributed by atoms with van der Waals surface area (Å²) >= 11 is 0. The third-order valence-corrected chi connectivity index (χ3v) is 4.31. The van der Waals surface area contributed by atoms with Crippen LogP contribution in [0.1, 0.15) is 46.0 Å². The van der Waals surface area contributed by atoms with Crippen LogP contribution < -0.4 is 5.73 Å². The lowest BCUT2D eigenvalue weighted by molar-refractivity contribution is -0.140. The molecule has 1 aliphatic heterocycles. The Morgan fingerprint density at radius 3 is 2.69 bits per heavy atom. The minimum absolute atomic E-state index is 0.156. The van der Waals surface area contributed by atoms with Crippen LogP contribution in [0.15, 0.2) is 0 Å². The van der Waals surface area contributed by atoms with Crippen LogP contribution in [-0.2, 0) is 4.79 Å². The van der Waals surface area contributed by atoms with Crippen molar-refractivity contribution in [3.63, 3.8) is 0 Å². The van der Waals surface area contributed by atoms with Gasteiger partial charge in [0.05, 0.1) is 6.04 Å². The van der Waals surface area contributed by atoms with Crippen LogP contribution in [0.4, 0.5) is 0 Å². The standard InChI is InChI=1S/C13H24N2O/c1-9-5-3-6-11-7-4-8-15(12(9)11)13(16)10(2)14/h9-12H,3-8,14H2,1-2H3/t9-,10+,11+,12-/m1/s1. The van der Waals surface area contributed by atoms with Gasteiger partial charge in [-0.3, -0.25) is 4.79 Å². The molecule has 2 aliphatic rings. The van der Waals surface area contributed by atoms with E-state index in [0.717, 1.165) is 18.9 Å². The van der Waals surface area contributed by atoms with Gasteiger partial charge in [-0.1, -0.05) is 13.3 Å². The highest BCUT2D eigenvalue weighted by Gasteiger charge is 2.39. The number of hydrogen-bond donors (Lipinski definition) is 1. The van der Waals surface area contributed by atoms with Gasteiger partial charge in [-0.15, -0.1) is 0 Å². The zero-order valence-corrected chi connectivity index (χ0v) is 10.5. The monoisotopic (exact) mass is 224 g/mol. The zero-order chi connectivity index (χ0) is 11.7. The number of nitrogens with two attached hydrogens (primary N) is 1. The van der Waals surface area contributed by atoms with Crippen molar-refractivity contribution in [1.29, 1.82) is 0 Å². The maximum Gasteiger partial charge on any atom is 0.239 e. The van der Waals surface area contributed by atoms with Crippen molar-refractivity contribution in [3.8, 4) is 0 Å². The third-order valence-electron chi connectivity index (χ3n) is 4.31. The molecule has 16 heavy (non-hydrogen) atoms. The number of nitrogens with zero attached hydrogens (tertiary/aromatic N) is 1. The third kappa shape index (κ3) is 2.10. The Labute approximate surface area is 98.4 Å². The molecule has 0 unspecified atom stereocenters. The lowest BCUT2D eigenvalue weighted by atomic mass is 9.73. The molecule has 0 aromatic heterocycles. The highest BCUT2D eigenvalue weighted by Crippen LogP contribution is 2.38. The van der Waals surface area contributed by atoms with Crippen molar-refractivity contribution in [1.82, 2.24) is 4.90 Å². The molecule has 1 heterocycles. The van der Waals surface area contributed by atoms with Gasteiger partial charge in [-0.05, 0) is 44.4 Å². The Bertz CT molecular complexity index is 263. The summed E-state index contributed by atoms with van der Waals surface area (Å²) < 4.78 is 0. The Morgan fingerprint density at radius 2 is 2.00 bits per heavy atom. The second kappa shape index (κ2) is 4.74. The van der Waals surface area contributed by atoms with E-state index >= 15 is 0 Å². The molecule has 1 saturated carbocycles. The summed E-state index contributed by atoms with van der Waals surface area (Å²) in [5.74, 6) is 1.55. The molecule has 92 valence electrons. The van der Waals surface area contributed by atoms with Crippen LogP contribution >= 0.6 is 0 Å². The molecule has 0 aromatic carbocycles. The first-order valence-corrected chi connectivity index (χ1v) is 6.67. The first kappa shape index (κ1) is 11.9. The lowest BCUT2D eigenvalue weighted by Crippen LogP contribution is -2.56. The number of carbonyl (C=O) groups excluding carboxylic acids is 1. The van der Waals surface area contributed by atoms with Crippen LogP contribution in [0, 0.1) is 11.8 Å². The number of carbonyl (C=O) groups is 1. The molecule has 0 aromatic rings. The van der Waals surface area contributed by atoms with E-state index < -0.39 is 0 Å². The summed E-state index contributed by atoms with van der Waals surface area (Å²) in [6.45, 7) is 5.02. The van der Waals surface area contributed by atoms with E-state index in [4.69, 9.17) is 5.73 Å². The minimum Gasteiger partial charge on any atom is -0.338 e. The Kier molecular flexibility index (Phi) is 3.53. The number of hydrogen-bond acceptors (Lipinski definition) is 2. The molecule has 2 rings (SSSR count). The fraction of sp³-hybridized carbons (Fsp3) is 0.923. The quantitative estimate of drug-likeness (QED) is 0.737. The molecular formula is C13H24N2O. The van der Waals surface area contributed by atoms with Gasteiger partial charge < -0.3 is 10.6 Å². The number of amides is 1. The minimum atomic E-state index is -0.340. The van der Waals surface area contributed by atoms with Crippen LogP contribution in [-0.4, -0.2) is 29.4 Å². The first-order valence-electron chi connectivity index (χ1n) is 6.67. The summed E-state index contributed by atoms with van der Waals surface area (Å²) in [6.07, 6.45) is 6.37. The van der Waals surface area contributed by atoms with Gasteiger partial charge in [0.1, 0.15) is 0 Å². The SMILES string of the molecule is C[C@H](N)C(=O)N1CCC[C@@H]2CCC[C@@H](C)[C@H]21. The van der Waals surface area contributed by atoms with E-state index in [2.05, 4.69) is 11.8 Å². The molecule has 1 amide bonds. The van der Waals surface area contributed by atoms with E-state index in [1.165, 1.54) is 25.7 Å². The molecule has 2 N–H and O–H groups in total. The van der Waals surface area contributed by atoms with Crippen LogP contribution in [0.2, 0.25) is 0 Å². The number of fused-ring (bicyclic) bond motifs is 1. The van der Waals surface area contributed by atoms with Gasteiger partial charge >= 0.3 is 0 Å². The molecule has 1 saturated heterocycles. The smallest absolute Gasteiger partial charge is 0.239 e. The molecule has 3 nitrogen and oxygen atoms in total. The second-order valence-electron chi connectivity index (χ2n) is 5.62. The van der Waals surface area contributed by atoms with E-state index in [1.54, 1.807) is 6.92 Å². The highest BCUT2D eigenvalue weighted by molar-refractivity contribution is 5.81. The average molecular weight is 224 g/mol. The van der Waals surface area contributed by atoms with E-state index in [1.807, 2.05) is 0 Å². The molecule has 1 aliphatic carbocycles. The van der Waals surface area contributed by atoms with Crippen molar-refractivity contribution >= 4 is 5.91 Å². The summed E-state index contributed by atoms with van der Waals surface area (Å²) in [7, 11) is 0. The normalized spacial score (nSPS) is 36.7. The van der Waals surface area contributed by atoms with E-state index in [9.17, 15) is 4.79 Å². The molecular weight excluding hydrogens is 200 g/mol. The predicted molar refractivity (Wildman–Crippen MR) is 64.9 cm³/mol. The highest BCUT2D eigenvalue weighted by atomic mass is 16.2. The Balaban J connectivity index is 2.14. The Hall–Kier alpha value is -0.570. The Morgan fingerprint density at radius 1 is 1.31 bits per heavy atom. The summed E-state index contributed by atoms with van der Waals surface area (Å²) in [5, 5.41) is 0. The summed E-state index contributed by atoms with van der Waals surface area (Å²) in [5.41, 5.74) is 5.74. The lowest BCUT2D eigenvalue weighted by Gasteiger charge is -2.48. The summed E-state index contributed by atoms with van der Waals surface area (Å²) in [6, 6.07) is 0.133. The number of likely N-dealkylation sites (tertiary alicyclic amines) is 1. The van der Waals surface area contributed by atoms with Gasteiger partial charge in [0.25, 0.3) is 0 Å². The van der Waals surface area contributed by atoms with Gasteiger partial charge in [0.15, 0.2) is 0 Å². The van der Waals surface area contributed by atoms with Gasteiger partial charge in [-0.25, -0.2) is 0 Å². The van der Waals surface area contributed by atoms with Crippen molar-refractivity contribution in [2.24, 2.45) is 17.6 Å². The predicted octanol–water partition coefficient (Wildman–Crippen LogP) is 1.76. The van der Waals surface area contributed by atoms with Gasteiger partial charge in [0, 0.05) is 12.6 Å². The number of rotatable bonds is 1. The van der Waals surface area contributed by atoms with Crippen molar-refractivity contribution < 1.29 is 4.79 Å². The van der Waals surface area contributed by atoms with Crippen LogP contribution in [0.25, 0.3) is 0 Å². The van der Waals surface area contributed by atoms with Crippen molar-refractivity contribution in [2.45, 2.75) is 58.0 Å². The van der Waals surface area contributed by atoms with Crippen LogP contribution in [0.5, 0.6) is 0 Å². The van der Waals surface area contributed by atoms with Gasteiger partial charge in [0.2, 0.25) is 5.91 Å². The van der Waals surface area contributed by atoms with E-state index in [0.29, 0.717) is 12.0 Å². The maximum absolute atomic E-state index is 12.1. The average Bonchev–Trinajstić information content (AvgIpc) is 2.27. The first-order chi connectivity index (χ1) is 7.61. The second-order valence-corrected chi connectivity index (χ2v) is 5.62. The molecule has 2 fully saturated rings. The zero-order valence-electron chi connectivity index (χ0n) is 10.5. The van der Waals surface area contributed by atoms with Crippen molar-refractivity contribution in [3.05, 3.63) is 0 Å². The van der Waals surface area contributed by atoms with Crippen molar-refractivity contribution in [2.75, 3.05) is 6.54 Å². The van der Waals surface area contributed by atoms with Crippen LogP contribution in [0.3, 0.4) is 0 Å². The fourth-order valence-electron chi connectivity index (χ4n) is 3.58.